The summed E-state index contributed by atoms with van der Waals surface area (Å²) in [6, 6.07) is 9.93. The molecule has 1 aromatic carbocycles. The van der Waals surface area contributed by atoms with Crippen molar-refractivity contribution in [2.75, 3.05) is 7.05 Å². The topological polar surface area (TPSA) is 24.9 Å². The molecule has 0 fully saturated rings. The summed E-state index contributed by atoms with van der Waals surface area (Å²) in [7, 11) is 1.85. The number of terminal acetylenes is 1. The molecule has 1 heterocycles. The zero-order valence-electron chi connectivity index (χ0n) is 8.57. The van der Waals surface area contributed by atoms with Crippen LogP contribution in [0, 0.1) is 12.3 Å². The monoisotopic (exact) mass is 196 g/mol. The van der Waals surface area contributed by atoms with E-state index in [0.717, 1.165) is 16.5 Å². The first-order chi connectivity index (χ1) is 7.36. The van der Waals surface area contributed by atoms with Crippen molar-refractivity contribution in [1.82, 2.24) is 10.3 Å². The number of rotatable bonds is 2. The van der Waals surface area contributed by atoms with E-state index in [9.17, 15) is 0 Å². The summed E-state index contributed by atoms with van der Waals surface area (Å²) in [5.41, 5.74) is 2.02. The van der Waals surface area contributed by atoms with Gasteiger partial charge >= 0.3 is 0 Å². The van der Waals surface area contributed by atoms with Crippen LogP contribution < -0.4 is 5.32 Å². The number of pyridine rings is 1. The second kappa shape index (κ2) is 4.12. The van der Waals surface area contributed by atoms with Crippen molar-refractivity contribution in [3.8, 4) is 12.3 Å². The molecule has 1 atom stereocenters. The number of aromatic nitrogens is 1. The molecule has 1 unspecified atom stereocenters. The summed E-state index contributed by atoms with van der Waals surface area (Å²) < 4.78 is 0. The van der Waals surface area contributed by atoms with Gasteiger partial charge in [0.25, 0.3) is 0 Å². The summed E-state index contributed by atoms with van der Waals surface area (Å²) in [6.45, 7) is 0. The van der Waals surface area contributed by atoms with Crippen LogP contribution in [0.3, 0.4) is 0 Å². The minimum absolute atomic E-state index is 0.0800. The molecule has 0 saturated heterocycles. The van der Waals surface area contributed by atoms with E-state index in [1.807, 2.05) is 37.4 Å². The Bertz CT molecular complexity index is 506. The molecular weight excluding hydrogens is 184 g/mol. The maximum atomic E-state index is 5.47. The van der Waals surface area contributed by atoms with E-state index in [1.54, 1.807) is 6.20 Å². The number of benzene rings is 1. The maximum Gasteiger partial charge on any atom is 0.0961 e. The van der Waals surface area contributed by atoms with Crippen LogP contribution in [0.25, 0.3) is 10.9 Å². The third-order valence-corrected chi connectivity index (χ3v) is 2.43. The number of para-hydroxylation sites is 1. The highest BCUT2D eigenvalue weighted by atomic mass is 14.9. The van der Waals surface area contributed by atoms with Gasteiger partial charge in [-0.3, -0.25) is 4.98 Å². The molecule has 0 radical (unpaired) electrons. The van der Waals surface area contributed by atoms with Crippen LogP contribution in [0.15, 0.2) is 36.5 Å². The molecule has 0 aliphatic heterocycles. The lowest BCUT2D eigenvalue weighted by atomic mass is 10.0. The highest BCUT2D eigenvalue weighted by Crippen LogP contribution is 2.21. The first kappa shape index (κ1) is 9.70. The van der Waals surface area contributed by atoms with Crippen molar-refractivity contribution >= 4 is 10.9 Å². The molecule has 2 nitrogen and oxygen atoms in total. The molecule has 2 heteroatoms. The van der Waals surface area contributed by atoms with Crippen LogP contribution in [0.4, 0.5) is 0 Å². The third-order valence-electron chi connectivity index (χ3n) is 2.43. The van der Waals surface area contributed by atoms with E-state index >= 15 is 0 Å². The molecule has 15 heavy (non-hydrogen) atoms. The van der Waals surface area contributed by atoms with Crippen molar-refractivity contribution in [2.24, 2.45) is 0 Å². The van der Waals surface area contributed by atoms with Crippen molar-refractivity contribution in [1.29, 1.82) is 0 Å². The van der Waals surface area contributed by atoms with Gasteiger partial charge in [0, 0.05) is 17.1 Å². The zero-order valence-corrected chi connectivity index (χ0v) is 8.57. The molecule has 0 bridgehead atoms. The van der Waals surface area contributed by atoms with Gasteiger partial charge < -0.3 is 5.32 Å². The van der Waals surface area contributed by atoms with Crippen LogP contribution in [0.1, 0.15) is 11.6 Å². The van der Waals surface area contributed by atoms with Gasteiger partial charge in [-0.1, -0.05) is 30.2 Å². The molecule has 0 aliphatic rings. The molecule has 2 aromatic rings. The number of nitrogens with one attached hydrogen (secondary N) is 1. The Hall–Kier alpha value is -1.85. The summed E-state index contributed by atoms with van der Waals surface area (Å²) in [6.07, 6.45) is 7.25. The molecule has 0 spiro atoms. The van der Waals surface area contributed by atoms with Gasteiger partial charge in [0.05, 0.1) is 11.6 Å². The van der Waals surface area contributed by atoms with Crippen molar-refractivity contribution < 1.29 is 0 Å². The first-order valence-electron chi connectivity index (χ1n) is 4.84. The Morgan fingerprint density at radius 2 is 2.13 bits per heavy atom. The SMILES string of the molecule is C#CC(NC)c1cccc2cccnc12. The fraction of sp³-hybridized carbons (Fsp3) is 0.154. The number of hydrogen-bond acceptors (Lipinski definition) is 2. The lowest BCUT2D eigenvalue weighted by molar-refractivity contribution is 0.740. The average Bonchev–Trinajstić information content (AvgIpc) is 2.31. The second-order valence-corrected chi connectivity index (χ2v) is 3.31. The highest BCUT2D eigenvalue weighted by Gasteiger charge is 2.09. The predicted octanol–water partition coefficient (Wildman–Crippen LogP) is 2.13. The minimum Gasteiger partial charge on any atom is -0.303 e. The Morgan fingerprint density at radius 3 is 2.87 bits per heavy atom. The third kappa shape index (κ3) is 1.70. The van der Waals surface area contributed by atoms with Crippen molar-refractivity contribution in [3.05, 3.63) is 42.1 Å². The number of fused-ring (bicyclic) bond motifs is 1. The summed E-state index contributed by atoms with van der Waals surface area (Å²) in [5, 5.41) is 4.20. The molecule has 0 aliphatic carbocycles. The summed E-state index contributed by atoms with van der Waals surface area (Å²) >= 11 is 0. The smallest absolute Gasteiger partial charge is 0.0961 e. The molecule has 1 N–H and O–H groups in total. The van der Waals surface area contributed by atoms with E-state index in [0.29, 0.717) is 0 Å². The first-order valence-corrected chi connectivity index (χ1v) is 4.84. The van der Waals surface area contributed by atoms with Gasteiger partial charge in [-0.2, -0.15) is 0 Å². The molecule has 1 aromatic heterocycles. The Balaban J connectivity index is 2.66. The van der Waals surface area contributed by atoms with Crippen LogP contribution in [0.2, 0.25) is 0 Å². The molecule has 0 saturated carbocycles. The standard InChI is InChI=1S/C13H12N2/c1-3-12(14-2)11-8-4-6-10-7-5-9-15-13(10)11/h1,4-9,12,14H,2H3. The van der Waals surface area contributed by atoms with E-state index in [-0.39, 0.29) is 6.04 Å². The summed E-state index contributed by atoms with van der Waals surface area (Å²) in [4.78, 5) is 4.36. The highest BCUT2D eigenvalue weighted by molar-refractivity contribution is 5.82. The van der Waals surface area contributed by atoms with Crippen LogP contribution in [-0.2, 0) is 0 Å². The quantitative estimate of drug-likeness (QED) is 0.744. The van der Waals surface area contributed by atoms with Gasteiger partial charge in [0.2, 0.25) is 0 Å². The lowest BCUT2D eigenvalue weighted by Crippen LogP contribution is -2.14. The van der Waals surface area contributed by atoms with E-state index in [2.05, 4.69) is 16.2 Å². The average molecular weight is 196 g/mol. The number of nitrogens with zero attached hydrogens (tertiary/aromatic N) is 1. The van der Waals surface area contributed by atoms with Gasteiger partial charge in [-0.25, -0.2) is 0 Å². The van der Waals surface area contributed by atoms with Gasteiger partial charge in [-0.05, 0) is 13.1 Å². The molecular formula is C13H12N2. The maximum absolute atomic E-state index is 5.47. The Kier molecular flexibility index (Phi) is 2.66. The summed E-state index contributed by atoms with van der Waals surface area (Å²) in [5.74, 6) is 2.71. The lowest BCUT2D eigenvalue weighted by Gasteiger charge is -2.11. The van der Waals surface area contributed by atoms with E-state index < -0.39 is 0 Å². The molecule has 0 amide bonds. The molecule has 2 rings (SSSR count). The minimum atomic E-state index is -0.0800. The Morgan fingerprint density at radius 1 is 1.33 bits per heavy atom. The molecule has 74 valence electrons. The van der Waals surface area contributed by atoms with Gasteiger partial charge in [0.1, 0.15) is 0 Å². The van der Waals surface area contributed by atoms with E-state index in [4.69, 9.17) is 6.42 Å². The largest absolute Gasteiger partial charge is 0.303 e. The predicted molar refractivity (Wildman–Crippen MR) is 62.4 cm³/mol. The van der Waals surface area contributed by atoms with Gasteiger partial charge in [-0.15, -0.1) is 6.42 Å². The fourth-order valence-corrected chi connectivity index (χ4v) is 1.69. The second-order valence-electron chi connectivity index (χ2n) is 3.31. The normalized spacial score (nSPS) is 12.3. The van der Waals surface area contributed by atoms with E-state index in [1.165, 1.54) is 0 Å². The van der Waals surface area contributed by atoms with Crippen LogP contribution in [-0.4, -0.2) is 12.0 Å². The van der Waals surface area contributed by atoms with Gasteiger partial charge in [0.15, 0.2) is 0 Å². The fourth-order valence-electron chi connectivity index (χ4n) is 1.69. The van der Waals surface area contributed by atoms with Crippen molar-refractivity contribution in [3.63, 3.8) is 0 Å². The zero-order chi connectivity index (χ0) is 10.7. The number of hydrogen-bond donors (Lipinski definition) is 1. The van der Waals surface area contributed by atoms with Crippen molar-refractivity contribution in [2.45, 2.75) is 6.04 Å². The van der Waals surface area contributed by atoms with Crippen LogP contribution >= 0.6 is 0 Å². The van der Waals surface area contributed by atoms with Crippen LogP contribution in [0.5, 0.6) is 0 Å². The Labute approximate surface area is 89.3 Å².